The number of benzene rings is 1. The van der Waals surface area contributed by atoms with Gasteiger partial charge in [-0.25, -0.2) is 0 Å². The van der Waals surface area contributed by atoms with Gasteiger partial charge in [0.05, 0.1) is 0 Å². The maximum absolute atomic E-state index is 12.6. The summed E-state index contributed by atoms with van der Waals surface area (Å²) in [5.74, 6) is -0.719. The first-order valence-corrected chi connectivity index (χ1v) is 7.28. The van der Waals surface area contributed by atoms with Crippen LogP contribution in [0, 0.1) is 6.92 Å². The third-order valence-electron chi connectivity index (χ3n) is 4.35. The van der Waals surface area contributed by atoms with E-state index in [4.69, 9.17) is 0 Å². The molecule has 110 valence electrons. The SMILES string of the molecule is CCc1cc(C)c2c(c1)C(=O)N(C1CCC(=O)NC1=O)C2. The molecule has 5 heteroatoms. The molecule has 2 aliphatic rings. The van der Waals surface area contributed by atoms with Gasteiger partial charge in [-0.3, -0.25) is 19.7 Å². The first kappa shape index (κ1) is 13.8. The van der Waals surface area contributed by atoms with Gasteiger partial charge in [-0.15, -0.1) is 0 Å². The van der Waals surface area contributed by atoms with E-state index in [0.717, 1.165) is 23.1 Å². The lowest BCUT2D eigenvalue weighted by Crippen LogP contribution is -2.52. The van der Waals surface area contributed by atoms with E-state index in [2.05, 4.69) is 18.3 Å². The number of carbonyl (C=O) groups excluding carboxylic acids is 3. The molecule has 3 amide bonds. The Labute approximate surface area is 123 Å². The van der Waals surface area contributed by atoms with Gasteiger partial charge < -0.3 is 4.90 Å². The van der Waals surface area contributed by atoms with E-state index in [-0.39, 0.29) is 24.1 Å². The molecule has 5 nitrogen and oxygen atoms in total. The summed E-state index contributed by atoms with van der Waals surface area (Å²) in [6.07, 6.45) is 1.57. The summed E-state index contributed by atoms with van der Waals surface area (Å²) in [5.41, 5.74) is 3.93. The van der Waals surface area contributed by atoms with Crippen LogP contribution in [0.25, 0.3) is 0 Å². The lowest BCUT2D eigenvalue weighted by atomic mass is 9.99. The molecule has 0 bridgehead atoms. The van der Waals surface area contributed by atoms with Crippen LogP contribution < -0.4 is 5.32 Å². The Balaban J connectivity index is 1.92. The van der Waals surface area contributed by atoms with Crippen LogP contribution in [-0.2, 0) is 22.6 Å². The van der Waals surface area contributed by atoms with Crippen molar-refractivity contribution in [2.24, 2.45) is 0 Å². The predicted octanol–water partition coefficient (Wildman–Crippen LogP) is 1.32. The summed E-state index contributed by atoms with van der Waals surface area (Å²) in [7, 11) is 0. The molecule has 1 unspecified atom stereocenters. The minimum Gasteiger partial charge on any atom is -0.322 e. The van der Waals surface area contributed by atoms with E-state index in [1.807, 2.05) is 13.0 Å². The molecule has 2 aliphatic heterocycles. The Morgan fingerprint density at radius 1 is 1.29 bits per heavy atom. The number of amides is 3. The van der Waals surface area contributed by atoms with Crippen molar-refractivity contribution in [3.8, 4) is 0 Å². The van der Waals surface area contributed by atoms with Crippen LogP contribution >= 0.6 is 0 Å². The Morgan fingerprint density at radius 2 is 2.05 bits per heavy atom. The van der Waals surface area contributed by atoms with Crippen molar-refractivity contribution in [2.75, 3.05) is 0 Å². The topological polar surface area (TPSA) is 66.5 Å². The molecule has 21 heavy (non-hydrogen) atoms. The van der Waals surface area contributed by atoms with Crippen LogP contribution in [0.1, 0.15) is 46.8 Å². The molecule has 1 aromatic carbocycles. The van der Waals surface area contributed by atoms with Gasteiger partial charge in [-0.05, 0) is 42.5 Å². The Morgan fingerprint density at radius 3 is 2.71 bits per heavy atom. The largest absolute Gasteiger partial charge is 0.322 e. The molecule has 0 aromatic heterocycles. The van der Waals surface area contributed by atoms with Crippen LogP contribution in [0.4, 0.5) is 0 Å². The Bertz CT molecular complexity index is 651. The molecule has 0 spiro atoms. The fourth-order valence-electron chi connectivity index (χ4n) is 3.12. The number of hydrogen-bond acceptors (Lipinski definition) is 3. The number of nitrogens with zero attached hydrogens (tertiary/aromatic N) is 1. The van der Waals surface area contributed by atoms with Crippen molar-refractivity contribution in [2.45, 2.75) is 45.7 Å². The van der Waals surface area contributed by atoms with Gasteiger partial charge in [0, 0.05) is 18.5 Å². The van der Waals surface area contributed by atoms with E-state index < -0.39 is 6.04 Å². The predicted molar refractivity (Wildman–Crippen MR) is 76.6 cm³/mol. The second-order valence-electron chi connectivity index (χ2n) is 5.69. The fourth-order valence-corrected chi connectivity index (χ4v) is 3.12. The van der Waals surface area contributed by atoms with Gasteiger partial charge in [-0.2, -0.15) is 0 Å². The fraction of sp³-hybridized carbons (Fsp3) is 0.438. The van der Waals surface area contributed by atoms with Crippen molar-refractivity contribution < 1.29 is 14.4 Å². The average Bonchev–Trinajstić information content (AvgIpc) is 2.77. The maximum Gasteiger partial charge on any atom is 0.255 e. The lowest BCUT2D eigenvalue weighted by molar-refractivity contribution is -0.136. The number of imide groups is 1. The summed E-state index contributed by atoms with van der Waals surface area (Å²) in [4.78, 5) is 37.4. The standard InChI is InChI=1S/C16H18N2O3/c1-3-10-6-9(2)12-8-18(16(21)11(12)7-10)13-4-5-14(19)17-15(13)20/h6-7,13H,3-5,8H2,1-2H3,(H,17,19,20). The number of carbonyl (C=O) groups is 3. The normalized spacial score (nSPS) is 21.5. The molecule has 1 N–H and O–H groups in total. The molecule has 1 saturated heterocycles. The van der Waals surface area contributed by atoms with E-state index in [1.165, 1.54) is 0 Å². The molecule has 1 atom stereocenters. The van der Waals surface area contributed by atoms with E-state index >= 15 is 0 Å². The van der Waals surface area contributed by atoms with Crippen LogP contribution in [-0.4, -0.2) is 28.7 Å². The number of aryl methyl sites for hydroxylation is 2. The van der Waals surface area contributed by atoms with Gasteiger partial charge in [0.2, 0.25) is 11.8 Å². The number of fused-ring (bicyclic) bond motifs is 1. The van der Waals surface area contributed by atoms with Gasteiger partial charge in [0.15, 0.2) is 0 Å². The summed E-state index contributed by atoms with van der Waals surface area (Å²) in [6.45, 7) is 4.51. The summed E-state index contributed by atoms with van der Waals surface area (Å²) < 4.78 is 0. The number of nitrogens with one attached hydrogen (secondary N) is 1. The van der Waals surface area contributed by atoms with Crippen LogP contribution in [0.15, 0.2) is 12.1 Å². The average molecular weight is 286 g/mol. The van der Waals surface area contributed by atoms with Crippen LogP contribution in [0.5, 0.6) is 0 Å². The lowest BCUT2D eigenvalue weighted by Gasteiger charge is -2.29. The summed E-state index contributed by atoms with van der Waals surface area (Å²) in [6, 6.07) is 3.49. The molecule has 1 fully saturated rings. The zero-order valence-corrected chi connectivity index (χ0v) is 12.2. The van der Waals surface area contributed by atoms with Gasteiger partial charge in [0.25, 0.3) is 5.91 Å². The highest BCUT2D eigenvalue weighted by atomic mass is 16.2. The first-order valence-electron chi connectivity index (χ1n) is 7.28. The third kappa shape index (κ3) is 2.22. The molecule has 0 aliphatic carbocycles. The van der Waals surface area contributed by atoms with E-state index in [1.54, 1.807) is 4.90 Å². The molecular weight excluding hydrogens is 268 g/mol. The minimum atomic E-state index is -0.535. The third-order valence-corrected chi connectivity index (χ3v) is 4.35. The highest BCUT2D eigenvalue weighted by molar-refractivity contribution is 6.05. The Hall–Kier alpha value is -2.17. The quantitative estimate of drug-likeness (QED) is 0.834. The van der Waals surface area contributed by atoms with Gasteiger partial charge >= 0.3 is 0 Å². The van der Waals surface area contributed by atoms with E-state index in [9.17, 15) is 14.4 Å². The minimum absolute atomic E-state index is 0.0992. The maximum atomic E-state index is 12.6. The zero-order valence-electron chi connectivity index (χ0n) is 12.2. The molecular formula is C16H18N2O3. The van der Waals surface area contributed by atoms with Gasteiger partial charge in [0.1, 0.15) is 6.04 Å². The van der Waals surface area contributed by atoms with Crippen molar-refractivity contribution in [3.63, 3.8) is 0 Å². The number of piperidine rings is 1. The number of rotatable bonds is 2. The highest BCUT2D eigenvalue weighted by Crippen LogP contribution is 2.30. The van der Waals surface area contributed by atoms with Crippen LogP contribution in [0.2, 0.25) is 0 Å². The molecule has 0 radical (unpaired) electrons. The van der Waals surface area contributed by atoms with Crippen LogP contribution in [0.3, 0.4) is 0 Å². The molecule has 0 saturated carbocycles. The summed E-state index contributed by atoms with van der Waals surface area (Å²) in [5, 5.41) is 2.32. The summed E-state index contributed by atoms with van der Waals surface area (Å²) >= 11 is 0. The highest BCUT2D eigenvalue weighted by Gasteiger charge is 2.39. The van der Waals surface area contributed by atoms with Crippen molar-refractivity contribution >= 4 is 17.7 Å². The van der Waals surface area contributed by atoms with E-state index in [0.29, 0.717) is 18.5 Å². The number of hydrogen-bond donors (Lipinski definition) is 1. The second-order valence-corrected chi connectivity index (χ2v) is 5.69. The second kappa shape index (κ2) is 4.98. The van der Waals surface area contributed by atoms with Crippen molar-refractivity contribution in [1.82, 2.24) is 10.2 Å². The molecule has 1 aromatic rings. The monoisotopic (exact) mass is 286 g/mol. The van der Waals surface area contributed by atoms with Crippen molar-refractivity contribution in [1.29, 1.82) is 0 Å². The smallest absolute Gasteiger partial charge is 0.255 e. The molecule has 2 heterocycles. The van der Waals surface area contributed by atoms with Crippen molar-refractivity contribution in [3.05, 3.63) is 34.4 Å². The first-order chi connectivity index (χ1) is 10.0. The van der Waals surface area contributed by atoms with Gasteiger partial charge in [-0.1, -0.05) is 13.0 Å². The Kier molecular flexibility index (Phi) is 3.27. The molecule has 3 rings (SSSR count). The zero-order chi connectivity index (χ0) is 15.1.